The number of hydrogen-bond acceptors (Lipinski definition) is 9. The predicted octanol–water partition coefficient (Wildman–Crippen LogP) is 5.72. The van der Waals surface area contributed by atoms with Crippen molar-refractivity contribution in [1.29, 1.82) is 0 Å². The highest BCUT2D eigenvalue weighted by Gasteiger charge is 2.34. The van der Waals surface area contributed by atoms with Gasteiger partial charge in [0.1, 0.15) is 4.90 Å². The molecule has 0 amide bonds. The fourth-order valence-electron chi connectivity index (χ4n) is 6.13. The molecule has 0 atom stereocenters. The van der Waals surface area contributed by atoms with E-state index in [1.165, 1.54) is 54.3 Å². The van der Waals surface area contributed by atoms with Gasteiger partial charge in [0.15, 0.2) is 21.4 Å². The summed E-state index contributed by atoms with van der Waals surface area (Å²) in [6.45, 7) is 2.00. The molecule has 0 unspecified atom stereocenters. The van der Waals surface area contributed by atoms with Crippen molar-refractivity contribution in [3.05, 3.63) is 112 Å². The minimum Gasteiger partial charge on any atom is -0.354 e. The van der Waals surface area contributed by atoms with Crippen LogP contribution in [0.4, 0.5) is 11.4 Å². The lowest BCUT2D eigenvalue weighted by atomic mass is 9.80. The summed E-state index contributed by atoms with van der Waals surface area (Å²) in [7, 11) is -7.33. The lowest BCUT2D eigenvalue weighted by molar-refractivity contribution is 0.102. The molecule has 2 heterocycles. The minimum absolute atomic E-state index is 0.0643. The van der Waals surface area contributed by atoms with Gasteiger partial charge in [-0.15, -0.1) is 0 Å². The van der Waals surface area contributed by atoms with Gasteiger partial charge in [-0.3, -0.25) is 23.9 Å². The van der Waals surface area contributed by atoms with Crippen LogP contribution in [0.3, 0.4) is 0 Å². The average molecular weight is 686 g/mol. The van der Waals surface area contributed by atoms with Crippen LogP contribution in [0.1, 0.15) is 64.4 Å². The first-order valence-corrected chi connectivity index (χ1v) is 18.3. The molecule has 2 aromatic heterocycles. The summed E-state index contributed by atoms with van der Waals surface area (Å²) in [4.78, 5) is 45.0. The third-order valence-electron chi connectivity index (χ3n) is 8.53. The normalized spacial score (nSPS) is 12.6. The second-order valence-electron chi connectivity index (χ2n) is 11.6. The van der Waals surface area contributed by atoms with E-state index < -0.39 is 42.0 Å². The summed E-state index contributed by atoms with van der Waals surface area (Å²) in [5.41, 5.74) is 0.713. The molecule has 0 saturated heterocycles. The summed E-state index contributed by atoms with van der Waals surface area (Å²) < 4.78 is 62.7. The quantitative estimate of drug-likeness (QED) is 0.0977. The number of carbonyl (C=O) groups excluding carboxylic acids is 2. The van der Waals surface area contributed by atoms with Crippen LogP contribution < -0.4 is 10.9 Å². The van der Waals surface area contributed by atoms with Crippen LogP contribution in [-0.4, -0.2) is 48.3 Å². The molecule has 11 nitrogen and oxygen atoms in total. The van der Waals surface area contributed by atoms with E-state index >= 15 is 0 Å². The molecule has 0 spiro atoms. The van der Waals surface area contributed by atoms with E-state index in [0.29, 0.717) is 29.3 Å². The summed E-state index contributed by atoms with van der Waals surface area (Å²) in [6.07, 6.45) is 5.75. The standard InChI is InChI=1S/C35H31N3O8S2/c1-3-4-5-8-19-47(42,43)22-11-12-25(28(20-22)48(44,45)46)37-26-13-14-27-31-29(23-9-6-7-10-24(23)34(40)30(26)31)32(35(41)38(27)2)33(39)21-15-17-36-18-16-21/h6-7,9-18,20,37H,3-5,8,19H2,1-2H3,(H,44,45,46). The number of nitrogens with zero attached hydrogens (tertiary/aromatic N) is 2. The number of benzene rings is 3. The zero-order chi connectivity index (χ0) is 34.4. The van der Waals surface area contributed by atoms with Crippen molar-refractivity contribution >= 4 is 53.8 Å². The Morgan fingerprint density at radius 2 is 1.54 bits per heavy atom. The van der Waals surface area contributed by atoms with Crippen molar-refractivity contribution in [3.63, 3.8) is 0 Å². The van der Waals surface area contributed by atoms with Crippen LogP contribution in [-0.2, 0) is 27.0 Å². The van der Waals surface area contributed by atoms with Gasteiger partial charge in [-0.1, -0.05) is 50.5 Å². The Labute approximate surface area is 277 Å². The summed E-state index contributed by atoms with van der Waals surface area (Å²) in [6, 6.07) is 16.0. The fourth-order valence-corrected chi connectivity index (χ4v) is 8.27. The molecule has 3 aromatic carbocycles. The number of ketones is 2. The molecule has 2 N–H and O–H groups in total. The average Bonchev–Trinajstić information content (AvgIpc) is 3.07. The van der Waals surface area contributed by atoms with Gasteiger partial charge >= 0.3 is 0 Å². The topological polar surface area (TPSA) is 170 Å². The summed E-state index contributed by atoms with van der Waals surface area (Å²) in [5, 5.41) is 3.23. The third-order valence-corrected chi connectivity index (χ3v) is 11.2. The van der Waals surface area contributed by atoms with Crippen molar-refractivity contribution < 1.29 is 31.0 Å². The molecular weight excluding hydrogens is 655 g/mol. The zero-order valence-electron chi connectivity index (χ0n) is 26.1. The highest BCUT2D eigenvalue weighted by atomic mass is 32.2. The van der Waals surface area contributed by atoms with Gasteiger partial charge in [-0.25, -0.2) is 8.42 Å². The van der Waals surface area contributed by atoms with Gasteiger partial charge in [0.25, 0.3) is 15.7 Å². The number of pyridine rings is 2. The van der Waals surface area contributed by atoms with Crippen molar-refractivity contribution in [3.8, 4) is 11.1 Å². The molecule has 0 bridgehead atoms. The number of anilines is 2. The van der Waals surface area contributed by atoms with Crippen molar-refractivity contribution in [2.24, 2.45) is 7.05 Å². The Morgan fingerprint density at radius 1 is 0.854 bits per heavy atom. The molecule has 6 rings (SSSR count). The molecule has 5 aromatic rings. The Kier molecular flexibility index (Phi) is 8.62. The number of fused-ring (bicyclic) bond motifs is 2. The van der Waals surface area contributed by atoms with Gasteiger partial charge in [0.2, 0.25) is 0 Å². The molecule has 13 heteroatoms. The molecule has 0 radical (unpaired) electrons. The number of sulfone groups is 1. The van der Waals surface area contributed by atoms with Crippen LogP contribution in [0, 0.1) is 0 Å². The molecular formula is C35H31N3O8S2. The van der Waals surface area contributed by atoms with E-state index in [0.717, 1.165) is 18.9 Å². The van der Waals surface area contributed by atoms with Gasteiger partial charge in [0, 0.05) is 41.5 Å². The summed E-state index contributed by atoms with van der Waals surface area (Å²) >= 11 is 0. The first kappa shape index (κ1) is 32.9. The number of nitrogens with one attached hydrogen (secondary N) is 1. The maximum absolute atomic E-state index is 14.2. The number of rotatable bonds is 11. The molecule has 0 aliphatic heterocycles. The lowest BCUT2D eigenvalue weighted by Gasteiger charge is -2.26. The summed E-state index contributed by atoms with van der Waals surface area (Å²) in [5.74, 6) is -1.20. The number of unbranched alkanes of at least 4 members (excludes halogenated alkanes) is 3. The first-order valence-electron chi connectivity index (χ1n) is 15.2. The zero-order valence-corrected chi connectivity index (χ0v) is 27.7. The minimum atomic E-state index is -4.95. The maximum Gasteiger partial charge on any atom is 0.296 e. The number of hydrogen-bond donors (Lipinski definition) is 2. The number of aryl methyl sites for hydroxylation is 1. The van der Waals surface area contributed by atoms with Crippen LogP contribution >= 0.6 is 0 Å². The van der Waals surface area contributed by atoms with Crippen LogP contribution in [0.25, 0.3) is 22.0 Å². The van der Waals surface area contributed by atoms with Gasteiger partial charge in [-0.05, 0) is 54.4 Å². The van der Waals surface area contributed by atoms with Crippen LogP contribution in [0.5, 0.6) is 0 Å². The smallest absolute Gasteiger partial charge is 0.296 e. The molecule has 0 fully saturated rings. The molecule has 1 aliphatic rings. The molecule has 246 valence electrons. The van der Waals surface area contributed by atoms with E-state index in [1.807, 2.05) is 6.92 Å². The largest absolute Gasteiger partial charge is 0.354 e. The van der Waals surface area contributed by atoms with E-state index in [9.17, 15) is 35.8 Å². The predicted molar refractivity (Wildman–Crippen MR) is 181 cm³/mol. The van der Waals surface area contributed by atoms with Crippen LogP contribution in [0.15, 0.2) is 93.7 Å². The van der Waals surface area contributed by atoms with E-state index in [4.69, 9.17) is 0 Å². The van der Waals surface area contributed by atoms with Gasteiger partial charge < -0.3 is 9.88 Å². The van der Waals surface area contributed by atoms with Crippen molar-refractivity contribution in [2.75, 3.05) is 11.1 Å². The van der Waals surface area contributed by atoms with Gasteiger partial charge in [-0.2, -0.15) is 8.42 Å². The van der Waals surface area contributed by atoms with Crippen molar-refractivity contribution in [2.45, 2.75) is 42.4 Å². The number of carbonyl (C=O) groups is 2. The molecule has 48 heavy (non-hydrogen) atoms. The SMILES string of the molecule is CCCCCCS(=O)(=O)c1ccc(Nc2ccc3c4c2C(=O)c2ccccc2-c4c(C(=O)c2ccncc2)c(=O)n3C)c(S(=O)(=O)O)c1. The number of aromatic nitrogens is 2. The maximum atomic E-state index is 14.2. The second kappa shape index (κ2) is 12.6. The fraction of sp³-hybridized carbons (Fsp3) is 0.200. The Morgan fingerprint density at radius 3 is 2.23 bits per heavy atom. The Balaban J connectivity index is 1.57. The van der Waals surface area contributed by atoms with Crippen molar-refractivity contribution in [1.82, 2.24) is 9.55 Å². The Bertz CT molecular complexity index is 2420. The second-order valence-corrected chi connectivity index (χ2v) is 15.1. The highest BCUT2D eigenvalue weighted by Crippen LogP contribution is 2.44. The third kappa shape index (κ3) is 5.74. The Hall–Kier alpha value is -4.98. The van der Waals surface area contributed by atoms with E-state index in [2.05, 4.69) is 10.3 Å². The highest BCUT2D eigenvalue weighted by molar-refractivity contribution is 7.91. The van der Waals surface area contributed by atoms with Gasteiger partial charge in [0.05, 0.1) is 38.7 Å². The van der Waals surface area contributed by atoms with Crippen LogP contribution in [0.2, 0.25) is 0 Å². The molecule has 0 saturated carbocycles. The monoisotopic (exact) mass is 685 g/mol. The lowest BCUT2D eigenvalue weighted by Crippen LogP contribution is -2.29. The van der Waals surface area contributed by atoms with E-state index in [1.54, 1.807) is 30.3 Å². The molecule has 1 aliphatic carbocycles. The van der Waals surface area contributed by atoms with E-state index in [-0.39, 0.29) is 49.8 Å². The first-order chi connectivity index (χ1) is 22.8.